The molecule has 1 aromatic heterocycles. The molecular weight excluding hydrogens is 416 g/mol. The molecule has 2 aliphatic heterocycles. The van der Waals surface area contributed by atoms with Crippen LogP contribution in [0.15, 0.2) is 66.0 Å². The van der Waals surface area contributed by atoms with E-state index < -0.39 is 5.92 Å². The summed E-state index contributed by atoms with van der Waals surface area (Å²) in [5.41, 5.74) is 4.07. The van der Waals surface area contributed by atoms with E-state index in [0.29, 0.717) is 31.1 Å². The lowest BCUT2D eigenvalue weighted by Gasteiger charge is -2.44. The zero-order chi connectivity index (χ0) is 22.2. The Morgan fingerprint density at radius 3 is 2.53 bits per heavy atom. The molecule has 0 bridgehead atoms. The van der Waals surface area contributed by atoms with Crippen LogP contribution in [0.4, 0.5) is 0 Å². The van der Waals surface area contributed by atoms with E-state index in [9.17, 15) is 9.59 Å². The fraction of sp³-hybridized carbons (Fsp3) is 0.333. The Bertz CT molecular complexity index is 1140. The van der Waals surface area contributed by atoms with Crippen molar-refractivity contribution in [2.75, 3.05) is 13.1 Å². The minimum atomic E-state index is -0.397. The van der Waals surface area contributed by atoms with Crippen LogP contribution >= 0.6 is 11.3 Å². The van der Waals surface area contributed by atoms with Crippen molar-refractivity contribution >= 4 is 23.2 Å². The van der Waals surface area contributed by atoms with Crippen molar-refractivity contribution in [2.45, 2.75) is 38.8 Å². The Hall–Kier alpha value is -2.92. The van der Waals surface area contributed by atoms with E-state index in [1.54, 1.807) is 11.3 Å². The van der Waals surface area contributed by atoms with Gasteiger partial charge in [-0.2, -0.15) is 0 Å². The fourth-order valence-corrected chi connectivity index (χ4v) is 5.98. The Balaban J connectivity index is 1.59. The number of carbonyl (C=O) groups is 2. The molecule has 0 spiro atoms. The van der Waals surface area contributed by atoms with Gasteiger partial charge in [-0.05, 0) is 46.5 Å². The van der Waals surface area contributed by atoms with E-state index >= 15 is 0 Å². The Kier molecular flexibility index (Phi) is 5.60. The molecular formula is C27H28N2O2S. The summed E-state index contributed by atoms with van der Waals surface area (Å²) < 4.78 is 0. The molecule has 2 aromatic carbocycles. The number of hydrogen-bond acceptors (Lipinski definition) is 3. The molecule has 0 saturated heterocycles. The summed E-state index contributed by atoms with van der Waals surface area (Å²) in [5, 5.41) is 2.03. The minimum absolute atomic E-state index is 0.0285. The zero-order valence-electron chi connectivity index (χ0n) is 18.5. The molecule has 0 aliphatic carbocycles. The van der Waals surface area contributed by atoms with Gasteiger partial charge in [-0.1, -0.05) is 62.4 Å². The molecule has 0 fully saturated rings. The van der Waals surface area contributed by atoms with Gasteiger partial charge in [0.15, 0.2) is 0 Å². The molecule has 3 aromatic rings. The van der Waals surface area contributed by atoms with Crippen LogP contribution in [0.25, 0.3) is 0 Å². The third-order valence-corrected chi connectivity index (χ3v) is 7.49. The van der Waals surface area contributed by atoms with E-state index in [1.165, 1.54) is 11.1 Å². The first-order chi connectivity index (χ1) is 15.5. The molecule has 4 nitrogen and oxygen atoms in total. The molecule has 2 amide bonds. The van der Waals surface area contributed by atoms with Gasteiger partial charge in [0.1, 0.15) is 0 Å². The number of fused-ring (bicyclic) bond motifs is 2. The van der Waals surface area contributed by atoms with Crippen molar-refractivity contribution in [3.05, 3.63) is 93.2 Å². The maximum absolute atomic E-state index is 14.2. The highest BCUT2D eigenvalue weighted by atomic mass is 32.1. The molecule has 2 atom stereocenters. The maximum Gasteiger partial charge on any atom is 0.254 e. The number of rotatable bonds is 4. The van der Waals surface area contributed by atoms with Gasteiger partial charge in [0.25, 0.3) is 5.91 Å². The van der Waals surface area contributed by atoms with Gasteiger partial charge in [0, 0.05) is 30.1 Å². The predicted octanol–water partition coefficient (Wildman–Crippen LogP) is 5.27. The Morgan fingerprint density at radius 2 is 1.78 bits per heavy atom. The molecule has 0 radical (unpaired) electrons. The van der Waals surface area contributed by atoms with E-state index in [2.05, 4.69) is 38.1 Å². The molecule has 164 valence electrons. The lowest BCUT2D eigenvalue weighted by atomic mass is 9.80. The molecule has 32 heavy (non-hydrogen) atoms. The molecule has 5 heteroatoms. The minimum Gasteiger partial charge on any atom is -0.337 e. The molecule has 3 heterocycles. The summed E-state index contributed by atoms with van der Waals surface area (Å²) >= 11 is 1.63. The van der Waals surface area contributed by atoms with Gasteiger partial charge >= 0.3 is 0 Å². The van der Waals surface area contributed by atoms with Crippen LogP contribution in [0.5, 0.6) is 0 Å². The third-order valence-electron chi connectivity index (χ3n) is 6.54. The van der Waals surface area contributed by atoms with E-state index in [-0.39, 0.29) is 17.9 Å². The standard InChI is InChI=1S/C27H28N2O2S/c1-18(2)16-29-25(23-12-7-15-32-23)24(21-10-5-6-11-22(21)26(29)30)27(31)28-14-13-19-8-3-4-9-20(19)17-28/h3-12,15,18,24-25H,13-14,16-17H2,1-2H3/t24-,25+/m1/s1. The Labute approximate surface area is 193 Å². The van der Waals surface area contributed by atoms with Gasteiger partial charge < -0.3 is 9.80 Å². The lowest BCUT2D eigenvalue weighted by molar-refractivity contribution is -0.135. The van der Waals surface area contributed by atoms with Crippen LogP contribution in [0, 0.1) is 5.92 Å². The summed E-state index contributed by atoms with van der Waals surface area (Å²) in [6.45, 7) is 6.21. The van der Waals surface area contributed by atoms with Crippen LogP contribution in [0.2, 0.25) is 0 Å². The first-order valence-corrected chi connectivity index (χ1v) is 12.2. The van der Waals surface area contributed by atoms with Gasteiger partial charge in [0.05, 0.1) is 12.0 Å². The summed E-state index contributed by atoms with van der Waals surface area (Å²) in [6.07, 6.45) is 0.870. The van der Waals surface area contributed by atoms with Gasteiger partial charge in [-0.3, -0.25) is 9.59 Å². The average molecular weight is 445 g/mol. The maximum atomic E-state index is 14.2. The topological polar surface area (TPSA) is 40.6 Å². The van der Waals surface area contributed by atoms with E-state index in [4.69, 9.17) is 0 Å². The number of thiophene rings is 1. The number of nitrogens with zero attached hydrogens (tertiary/aromatic N) is 2. The highest BCUT2D eigenvalue weighted by molar-refractivity contribution is 7.10. The first kappa shape index (κ1) is 21.0. The summed E-state index contributed by atoms with van der Waals surface area (Å²) in [5.74, 6) is 0.0585. The van der Waals surface area contributed by atoms with Crippen molar-refractivity contribution < 1.29 is 9.59 Å². The lowest BCUT2D eigenvalue weighted by Crippen LogP contribution is -2.49. The summed E-state index contributed by atoms with van der Waals surface area (Å²) in [7, 11) is 0. The molecule has 2 aliphatic rings. The largest absolute Gasteiger partial charge is 0.337 e. The molecule has 0 saturated carbocycles. The van der Waals surface area contributed by atoms with Crippen molar-refractivity contribution in [3.63, 3.8) is 0 Å². The fourth-order valence-electron chi connectivity index (χ4n) is 5.11. The number of carbonyl (C=O) groups excluding carboxylic acids is 2. The van der Waals surface area contributed by atoms with Crippen LogP contribution < -0.4 is 0 Å². The first-order valence-electron chi connectivity index (χ1n) is 11.3. The van der Waals surface area contributed by atoms with Gasteiger partial charge in [-0.15, -0.1) is 11.3 Å². The van der Waals surface area contributed by atoms with Crippen LogP contribution in [-0.4, -0.2) is 34.7 Å². The summed E-state index contributed by atoms with van der Waals surface area (Å²) in [4.78, 5) is 32.7. The zero-order valence-corrected chi connectivity index (χ0v) is 19.3. The van der Waals surface area contributed by atoms with Crippen molar-refractivity contribution in [1.29, 1.82) is 0 Å². The van der Waals surface area contributed by atoms with Crippen LogP contribution in [0.3, 0.4) is 0 Å². The highest BCUT2D eigenvalue weighted by Crippen LogP contribution is 2.45. The van der Waals surface area contributed by atoms with E-state index in [0.717, 1.165) is 16.9 Å². The Morgan fingerprint density at radius 1 is 1.03 bits per heavy atom. The monoisotopic (exact) mass is 444 g/mol. The average Bonchev–Trinajstić information content (AvgIpc) is 3.34. The highest BCUT2D eigenvalue weighted by Gasteiger charge is 2.46. The van der Waals surface area contributed by atoms with Crippen molar-refractivity contribution in [2.24, 2.45) is 5.92 Å². The predicted molar refractivity (Wildman–Crippen MR) is 128 cm³/mol. The normalized spacial score (nSPS) is 20.3. The van der Waals surface area contributed by atoms with Crippen LogP contribution in [-0.2, 0) is 17.8 Å². The summed E-state index contributed by atoms with van der Waals surface area (Å²) in [6, 6.07) is 19.9. The molecule has 5 rings (SSSR count). The van der Waals surface area contributed by atoms with Crippen LogP contribution in [0.1, 0.15) is 57.7 Å². The third kappa shape index (κ3) is 3.65. The second-order valence-electron chi connectivity index (χ2n) is 9.16. The van der Waals surface area contributed by atoms with Gasteiger partial charge in [-0.25, -0.2) is 0 Å². The van der Waals surface area contributed by atoms with Crippen molar-refractivity contribution in [3.8, 4) is 0 Å². The number of benzene rings is 2. The number of hydrogen-bond donors (Lipinski definition) is 0. The SMILES string of the molecule is CC(C)CN1C(=O)c2ccccc2[C@@H](C(=O)N2CCc3ccccc3C2)[C@@H]1c1cccs1. The van der Waals surface area contributed by atoms with E-state index in [1.807, 2.05) is 51.6 Å². The quantitative estimate of drug-likeness (QED) is 0.550. The van der Waals surface area contributed by atoms with Crippen molar-refractivity contribution in [1.82, 2.24) is 9.80 Å². The number of amides is 2. The second kappa shape index (κ2) is 8.55. The smallest absolute Gasteiger partial charge is 0.254 e. The van der Waals surface area contributed by atoms with Gasteiger partial charge in [0.2, 0.25) is 5.91 Å². The molecule has 0 N–H and O–H groups in total. The molecule has 0 unspecified atom stereocenters. The second-order valence-corrected chi connectivity index (χ2v) is 10.1.